The largest absolute Gasteiger partial charge is 0.305 e. The molecule has 0 spiro atoms. The maximum Gasteiger partial charge on any atom is 0.242 e. The number of carbonyl (C=O) groups is 1. The molecule has 0 fully saturated rings. The van der Waals surface area contributed by atoms with Crippen LogP contribution in [-0.2, 0) is 11.3 Å². The van der Waals surface area contributed by atoms with E-state index in [1.807, 2.05) is 32.0 Å². The van der Waals surface area contributed by atoms with Gasteiger partial charge >= 0.3 is 0 Å². The number of rotatable bonds is 4. The molecule has 0 N–H and O–H groups in total. The summed E-state index contributed by atoms with van der Waals surface area (Å²) in [5.74, 6) is -0.183. The van der Waals surface area contributed by atoms with Gasteiger partial charge in [0.15, 0.2) is 0 Å². The molecule has 0 atom stereocenters. The van der Waals surface area contributed by atoms with Gasteiger partial charge in [-0.1, -0.05) is 18.2 Å². The smallest absolute Gasteiger partial charge is 0.242 e. The molecule has 0 radical (unpaired) electrons. The number of alkyl halides is 1. The zero-order valence-electron chi connectivity index (χ0n) is 10.8. The highest BCUT2D eigenvalue weighted by Crippen LogP contribution is 2.26. The molecule has 1 amide bonds. The van der Waals surface area contributed by atoms with E-state index in [0.717, 1.165) is 34.2 Å². The van der Waals surface area contributed by atoms with Crippen LogP contribution < -0.4 is 4.90 Å². The van der Waals surface area contributed by atoms with Gasteiger partial charge in [0.2, 0.25) is 5.91 Å². The predicted molar refractivity (Wildman–Crippen MR) is 77.7 cm³/mol. The minimum atomic E-state index is -0.132. The number of halogens is 1. The fraction of sp³-hybridized carbons (Fsp3) is 0.308. The molecular weight excluding hydrogens is 282 g/mol. The summed E-state index contributed by atoms with van der Waals surface area (Å²) >= 11 is 6.85. The fourth-order valence-corrected chi connectivity index (χ4v) is 2.58. The van der Waals surface area contributed by atoms with Gasteiger partial charge in [-0.05, 0) is 25.0 Å². The number of aryl methyl sites for hydroxylation is 2. The first-order valence-electron chi connectivity index (χ1n) is 5.82. The van der Waals surface area contributed by atoms with Crippen molar-refractivity contribution in [2.75, 3.05) is 10.8 Å². The van der Waals surface area contributed by atoms with Crippen molar-refractivity contribution in [1.29, 1.82) is 0 Å². The lowest BCUT2D eigenvalue weighted by Crippen LogP contribution is -2.32. The van der Waals surface area contributed by atoms with Crippen LogP contribution in [-0.4, -0.2) is 20.5 Å². The van der Waals surface area contributed by atoms with Crippen molar-refractivity contribution in [2.24, 2.45) is 0 Å². The Kier molecular flexibility index (Phi) is 4.50. The molecule has 2 rings (SSSR count). The van der Waals surface area contributed by atoms with Gasteiger partial charge < -0.3 is 4.90 Å². The molecule has 1 aromatic carbocycles. The summed E-state index contributed by atoms with van der Waals surface area (Å²) in [6.45, 7) is 4.36. The van der Waals surface area contributed by atoms with Gasteiger partial charge in [-0.3, -0.25) is 4.79 Å². The molecule has 1 heterocycles. The van der Waals surface area contributed by atoms with E-state index in [4.69, 9.17) is 11.6 Å². The Hall–Kier alpha value is -1.46. The first kappa shape index (κ1) is 14.0. The van der Waals surface area contributed by atoms with Crippen LogP contribution in [0.25, 0.3) is 0 Å². The summed E-state index contributed by atoms with van der Waals surface area (Å²) in [7, 11) is 0. The van der Waals surface area contributed by atoms with Crippen LogP contribution in [0.4, 0.5) is 5.69 Å². The topological polar surface area (TPSA) is 46.1 Å². The van der Waals surface area contributed by atoms with E-state index >= 15 is 0 Å². The third-order valence-corrected chi connectivity index (χ3v) is 3.60. The summed E-state index contributed by atoms with van der Waals surface area (Å²) in [5.41, 5.74) is 3.76. The Bertz CT molecular complexity index is 551. The molecule has 1 aromatic heterocycles. The Morgan fingerprint density at radius 2 is 2.05 bits per heavy atom. The zero-order valence-corrected chi connectivity index (χ0v) is 12.3. The van der Waals surface area contributed by atoms with E-state index in [9.17, 15) is 4.79 Å². The number of carbonyl (C=O) groups excluding carboxylic acids is 1. The van der Waals surface area contributed by atoms with Crippen LogP contribution in [0.5, 0.6) is 0 Å². The number of amides is 1. The molecule has 0 saturated heterocycles. The molecule has 0 unspecified atom stereocenters. The highest BCUT2D eigenvalue weighted by Gasteiger charge is 2.19. The molecule has 0 aliphatic rings. The highest BCUT2D eigenvalue weighted by atomic mass is 35.5. The number of anilines is 1. The van der Waals surface area contributed by atoms with Crippen molar-refractivity contribution in [1.82, 2.24) is 8.75 Å². The quantitative estimate of drug-likeness (QED) is 0.815. The second kappa shape index (κ2) is 6.12. The Labute approximate surface area is 121 Å². The summed E-state index contributed by atoms with van der Waals surface area (Å²) < 4.78 is 8.11. The molecular formula is C13H14ClN3OS. The standard InChI is InChI=1S/C13H14ClN3OS/c1-9-4-3-5-10(2)13(9)17(12(18)6-14)8-11-7-15-19-16-11/h3-5,7H,6,8H2,1-2H3. The van der Waals surface area contributed by atoms with E-state index in [-0.39, 0.29) is 11.8 Å². The van der Waals surface area contributed by atoms with Crippen LogP contribution in [0.3, 0.4) is 0 Å². The third kappa shape index (κ3) is 3.11. The van der Waals surface area contributed by atoms with Crippen LogP contribution in [0.2, 0.25) is 0 Å². The number of hydrogen-bond donors (Lipinski definition) is 0. The van der Waals surface area contributed by atoms with Gasteiger partial charge in [-0.25, -0.2) is 0 Å². The number of nitrogens with zero attached hydrogens (tertiary/aromatic N) is 3. The molecule has 0 saturated carbocycles. The minimum Gasteiger partial charge on any atom is -0.305 e. The molecule has 0 aliphatic heterocycles. The van der Waals surface area contributed by atoms with Gasteiger partial charge in [-0.15, -0.1) is 11.6 Å². The monoisotopic (exact) mass is 295 g/mol. The average molecular weight is 296 g/mol. The summed E-state index contributed by atoms with van der Waals surface area (Å²) in [6.07, 6.45) is 1.67. The van der Waals surface area contributed by atoms with Gasteiger partial charge in [0, 0.05) is 5.69 Å². The lowest BCUT2D eigenvalue weighted by molar-refractivity contribution is -0.116. The molecule has 0 bridgehead atoms. The van der Waals surface area contributed by atoms with Crippen molar-refractivity contribution in [3.05, 3.63) is 41.2 Å². The third-order valence-electron chi connectivity index (χ3n) is 2.85. The van der Waals surface area contributed by atoms with Gasteiger partial charge in [0.1, 0.15) is 5.88 Å². The van der Waals surface area contributed by atoms with E-state index in [1.165, 1.54) is 0 Å². The second-order valence-electron chi connectivity index (χ2n) is 4.25. The molecule has 4 nitrogen and oxygen atoms in total. The molecule has 19 heavy (non-hydrogen) atoms. The van der Waals surface area contributed by atoms with Gasteiger partial charge in [0.25, 0.3) is 0 Å². The van der Waals surface area contributed by atoms with E-state index in [1.54, 1.807) is 11.1 Å². The van der Waals surface area contributed by atoms with Crippen molar-refractivity contribution in [2.45, 2.75) is 20.4 Å². The first-order valence-corrected chi connectivity index (χ1v) is 7.09. The molecule has 0 aliphatic carbocycles. The average Bonchev–Trinajstić information content (AvgIpc) is 2.89. The van der Waals surface area contributed by atoms with Crippen LogP contribution in [0.15, 0.2) is 24.4 Å². The first-order chi connectivity index (χ1) is 9.13. The Morgan fingerprint density at radius 1 is 1.37 bits per heavy atom. The van der Waals surface area contributed by atoms with Crippen molar-refractivity contribution < 1.29 is 4.79 Å². The lowest BCUT2D eigenvalue weighted by atomic mass is 10.1. The van der Waals surface area contributed by atoms with Crippen molar-refractivity contribution in [3.63, 3.8) is 0 Å². The summed E-state index contributed by atoms with van der Waals surface area (Å²) in [6, 6.07) is 5.94. The minimum absolute atomic E-state index is 0.0503. The number of benzene rings is 1. The summed E-state index contributed by atoms with van der Waals surface area (Å²) in [5, 5.41) is 0. The SMILES string of the molecule is Cc1cccc(C)c1N(Cc1cnsn1)C(=O)CCl. The van der Waals surface area contributed by atoms with E-state index < -0.39 is 0 Å². The second-order valence-corrected chi connectivity index (χ2v) is 5.08. The van der Waals surface area contributed by atoms with Crippen LogP contribution >= 0.6 is 23.3 Å². The number of para-hydroxylation sites is 1. The van der Waals surface area contributed by atoms with Crippen LogP contribution in [0.1, 0.15) is 16.8 Å². The van der Waals surface area contributed by atoms with E-state index in [2.05, 4.69) is 8.75 Å². The highest BCUT2D eigenvalue weighted by molar-refractivity contribution is 6.99. The number of aromatic nitrogens is 2. The molecule has 100 valence electrons. The molecule has 6 heteroatoms. The lowest BCUT2D eigenvalue weighted by Gasteiger charge is -2.24. The van der Waals surface area contributed by atoms with Gasteiger partial charge in [0.05, 0.1) is 30.2 Å². The zero-order chi connectivity index (χ0) is 13.8. The predicted octanol–water partition coefficient (Wildman–Crippen LogP) is 2.93. The van der Waals surface area contributed by atoms with Gasteiger partial charge in [-0.2, -0.15) is 8.75 Å². The fourth-order valence-electron chi connectivity index (χ4n) is 2.01. The Morgan fingerprint density at radius 3 is 2.58 bits per heavy atom. The van der Waals surface area contributed by atoms with Crippen molar-refractivity contribution >= 4 is 34.9 Å². The Balaban J connectivity index is 2.40. The normalized spacial score (nSPS) is 10.5. The van der Waals surface area contributed by atoms with E-state index in [0.29, 0.717) is 6.54 Å². The van der Waals surface area contributed by atoms with Crippen molar-refractivity contribution in [3.8, 4) is 0 Å². The summed E-state index contributed by atoms with van der Waals surface area (Å²) in [4.78, 5) is 13.8. The maximum absolute atomic E-state index is 12.1. The molecule has 2 aromatic rings. The maximum atomic E-state index is 12.1. The van der Waals surface area contributed by atoms with Crippen LogP contribution in [0, 0.1) is 13.8 Å². The number of hydrogen-bond acceptors (Lipinski definition) is 4.